The molecule has 4 rings (SSSR count). The number of aromatic nitrogens is 2. The van der Waals surface area contributed by atoms with Crippen LogP contribution in [0.1, 0.15) is 67.1 Å². The third-order valence-electron chi connectivity index (χ3n) is 7.20. The number of furan rings is 1. The molecule has 0 radical (unpaired) electrons. The second-order valence-corrected chi connectivity index (χ2v) is 12.3. The van der Waals surface area contributed by atoms with Gasteiger partial charge in [0.15, 0.2) is 16.9 Å². The molecule has 224 valence electrons. The fourth-order valence-electron chi connectivity index (χ4n) is 4.86. The van der Waals surface area contributed by atoms with Crippen LogP contribution in [0, 0.1) is 12.3 Å². The number of anilines is 2. The first-order chi connectivity index (χ1) is 19.1. The predicted molar refractivity (Wildman–Crippen MR) is 147 cm³/mol. The molecule has 3 heterocycles. The lowest BCUT2D eigenvalue weighted by molar-refractivity contribution is -0.138. The maximum Gasteiger partial charge on any atom is 0.417 e. The third kappa shape index (κ3) is 6.76. The first kappa shape index (κ1) is 30.6. The van der Waals surface area contributed by atoms with Crippen molar-refractivity contribution >= 4 is 28.6 Å². The molecule has 3 aromatic rings. The first-order valence-corrected chi connectivity index (χ1v) is 14.2. The van der Waals surface area contributed by atoms with E-state index in [1.807, 2.05) is 27.8 Å². The fraction of sp³-hybridized carbons (Fsp3) is 0.519. The number of halogens is 3. The van der Waals surface area contributed by atoms with Crippen LogP contribution in [0.25, 0.3) is 0 Å². The zero-order valence-electron chi connectivity index (χ0n) is 23.8. The number of carbonyl (C=O) groups is 1. The number of nitrogens with one attached hydrogen (secondary N) is 2. The van der Waals surface area contributed by atoms with E-state index < -0.39 is 51.6 Å². The summed E-state index contributed by atoms with van der Waals surface area (Å²) in [5, 5.41) is 13.8. The topological polar surface area (TPSA) is 133 Å². The number of amides is 1. The lowest BCUT2D eigenvalue weighted by atomic mass is 9.86. The van der Waals surface area contributed by atoms with Crippen molar-refractivity contribution in [2.24, 2.45) is 10.4 Å². The number of aromatic amines is 1. The number of hydrogen-bond donors (Lipinski definition) is 3. The van der Waals surface area contributed by atoms with Gasteiger partial charge in [-0.25, -0.2) is 4.99 Å². The van der Waals surface area contributed by atoms with Crippen molar-refractivity contribution in [2.45, 2.75) is 58.8 Å². The Labute approximate surface area is 239 Å². The van der Waals surface area contributed by atoms with Crippen LogP contribution in [0.4, 0.5) is 24.7 Å². The maximum absolute atomic E-state index is 14.0. The average molecular weight is 597 g/mol. The van der Waals surface area contributed by atoms with E-state index in [0.717, 1.165) is 12.1 Å². The molecule has 1 fully saturated rings. The van der Waals surface area contributed by atoms with E-state index in [9.17, 15) is 27.6 Å². The highest BCUT2D eigenvalue weighted by molar-refractivity contribution is 7.13. The van der Waals surface area contributed by atoms with E-state index in [1.165, 1.54) is 11.9 Å². The van der Waals surface area contributed by atoms with Gasteiger partial charge in [0.25, 0.3) is 5.91 Å². The van der Waals surface area contributed by atoms with E-state index in [-0.39, 0.29) is 23.0 Å². The van der Waals surface area contributed by atoms with Gasteiger partial charge in [-0.2, -0.15) is 13.2 Å². The molecule has 0 saturated carbocycles. The highest BCUT2D eigenvalue weighted by atomic mass is 32.2. The number of likely N-dealkylation sites (tertiary alicyclic amines) is 1. The van der Waals surface area contributed by atoms with E-state index >= 15 is 0 Å². The van der Waals surface area contributed by atoms with Gasteiger partial charge in [0.2, 0.25) is 11.3 Å². The number of rotatable bonds is 6. The monoisotopic (exact) mass is 596 g/mol. The molecular formula is C27H35F3N6O4S. The normalized spacial score (nSPS) is 17.1. The van der Waals surface area contributed by atoms with Crippen LogP contribution in [0.2, 0.25) is 0 Å². The molecule has 1 aliphatic rings. The Morgan fingerprint density at radius 2 is 1.93 bits per heavy atom. The molecule has 1 saturated heterocycles. The molecule has 14 heteroatoms. The van der Waals surface area contributed by atoms with Gasteiger partial charge in [0, 0.05) is 17.5 Å². The second-order valence-electron chi connectivity index (χ2n) is 11.4. The lowest BCUT2D eigenvalue weighted by Gasteiger charge is -2.35. The number of phenols is 1. The zero-order valence-corrected chi connectivity index (χ0v) is 24.6. The van der Waals surface area contributed by atoms with Crippen molar-refractivity contribution in [2.75, 3.05) is 32.5 Å². The van der Waals surface area contributed by atoms with Gasteiger partial charge in [-0.15, -0.1) is 4.37 Å². The number of carbonyl (C=O) groups excluding carboxylic acids is 1. The molecule has 1 amide bonds. The summed E-state index contributed by atoms with van der Waals surface area (Å²) in [4.78, 5) is 21.5. The van der Waals surface area contributed by atoms with Crippen LogP contribution in [0.15, 0.2) is 33.7 Å². The SMILES string of the molecule is Cc1ccc([C@H](N=c2[nH][s+]([O-])nc2Nc2ccc(C(F)(F)F)c(C(=O)N(C)C3CCN(C)CC3)c2O)C(C)(C)C)o1. The Balaban J connectivity index is 1.75. The van der Waals surface area contributed by atoms with Crippen molar-refractivity contribution in [1.29, 1.82) is 0 Å². The third-order valence-corrected chi connectivity index (χ3v) is 7.91. The Morgan fingerprint density at radius 3 is 2.49 bits per heavy atom. The van der Waals surface area contributed by atoms with Crippen molar-refractivity contribution in [3.05, 3.63) is 52.4 Å². The summed E-state index contributed by atoms with van der Waals surface area (Å²) in [6, 6.07) is 4.50. The maximum atomic E-state index is 14.0. The summed E-state index contributed by atoms with van der Waals surface area (Å²) >= 11 is -1.93. The van der Waals surface area contributed by atoms with Crippen LogP contribution in [0.5, 0.6) is 5.75 Å². The van der Waals surface area contributed by atoms with Crippen LogP contribution in [-0.4, -0.2) is 67.3 Å². The number of H-pyrrole nitrogens is 1. The van der Waals surface area contributed by atoms with Gasteiger partial charge in [0.1, 0.15) is 17.6 Å². The summed E-state index contributed by atoms with van der Waals surface area (Å²) in [7, 11) is 3.38. The summed E-state index contributed by atoms with van der Waals surface area (Å²) < 4.78 is 66.8. The van der Waals surface area contributed by atoms with Gasteiger partial charge >= 0.3 is 6.18 Å². The van der Waals surface area contributed by atoms with Gasteiger partial charge in [0.05, 0.1) is 16.8 Å². The number of alkyl halides is 3. The number of phenolic OH excluding ortho intramolecular Hbond substituents is 1. The van der Waals surface area contributed by atoms with E-state index in [4.69, 9.17) is 4.42 Å². The van der Waals surface area contributed by atoms with Gasteiger partial charge in [-0.05, 0) is 69.6 Å². The smallest absolute Gasteiger partial charge is 0.417 e. The molecule has 2 atom stereocenters. The van der Waals surface area contributed by atoms with Gasteiger partial charge in [-0.3, -0.25) is 4.79 Å². The minimum Gasteiger partial charge on any atom is -0.548 e. The van der Waals surface area contributed by atoms with E-state index in [2.05, 4.69) is 24.0 Å². The van der Waals surface area contributed by atoms with Crippen LogP contribution < -0.4 is 10.8 Å². The average Bonchev–Trinajstić information content (AvgIpc) is 3.46. The molecule has 10 nitrogen and oxygen atoms in total. The predicted octanol–water partition coefficient (Wildman–Crippen LogP) is 5.36. The molecule has 2 aromatic heterocycles. The number of benzene rings is 1. The summed E-state index contributed by atoms with van der Waals surface area (Å²) in [6.07, 6.45) is -3.70. The quantitative estimate of drug-likeness (QED) is 0.258. The molecule has 0 bridgehead atoms. The number of aryl methyl sites for hydroxylation is 1. The Kier molecular flexibility index (Phi) is 8.58. The molecular weight excluding hydrogens is 561 g/mol. The van der Waals surface area contributed by atoms with Gasteiger partial charge < -0.3 is 29.2 Å². The molecule has 1 unspecified atom stereocenters. The van der Waals surface area contributed by atoms with Crippen molar-refractivity contribution in [3.8, 4) is 5.75 Å². The van der Waals surface area contributed by atoms with Crippen molar-refractivity contribution in [1.82, 2.24) is 18.5 Å². The number of piperidine rings is 1. The zero-order chi connectivity index (χ0) is 30.3. The van der Waals surface area contributed by atoms with Crippen molar-refractivity contribution in [3.63, 3.8) is 0 Å². The molecule has 1 aromatic carbocycles. The molecule has 1 aliphatic heterocycles. The van der Waals surface area contributed by atoms with Crippen LogP contribution in [0.3, 0.4) is 0 Å². The summed E-state index contributed by atoms with van der Waals surface area (Å²) in [6.45, 7) is 9.01. The van der Waals surface area contributed by atoms with Gasteiger partial charge in [-0.1, -0.05) is 20.8 Å². The Hall–Kier alpha value is -3.36. The fourth-order valence-corrected chi connectivity index (χ4v) is 5.52. The second kappa shape index (κ2) is 11.5. The molecule has 41 heavy (non-hydrogen) atoms. The van der Waals surface area contributed by atoms with Crippen LogP contribution in [-0.2, 0) is 6.18 Å². The molecule has 3 N–H and O–H groups in total. The van der Waals surface area contributed by atoms with Crippen LogP contribution >= 0.6 is 11.1 Å². The standard InChI is InChI=1S/C27H35F3N6O4S/c1-15-7-10-19(40-15)22(26(2,3)4)32-24-23(33-41(39)34-24)31-18-9-8-17(27(28,29)30)20(21(18)37)25(38)36(6)16-11-13-35(5)14-12-16/h7-10,16,22,37H,11-14H2,1-6H3,(H,31,33)(H,32,34)/t22-,41?/m0/s1. The van der Waals surface area contributed by atoms with E-state index in [1.54, 1.807) is 19.1 Å². The lowest BCUT2D eigenvalue weighted by Crippen LogP contribution is -2.44. The highest BCUT2D eigenvalue weighted by Crippen LogP contribution is 2.41. The minimum atomic E-state index is -4.89. The summed E-state index contributed by atoms with van der Waals surface area (Å²) in [5.41, 5.74) is -2.72. The Bertz CT molecular complexity index is 1460. The number of aromatic hydroxyl groups is 1. The molecule has 0 aliphatic carbocycles. The molecule has 0 spiro atoms. The number of nitrogens with zero attached hydrogens (tertiary/aromatic N) is 4. The largest absolute Gasteiger partial charge is 0.548 e. The van der Waals surface area contributed by atoms with Crippen molar-refractivity contribution < 1.29 is 32.0 Å². The highest BCUT2D eigenvalue weighted by Gasteiger charge is 2.40. The number of hydrogen-bond acceptors (Lipinski definition) is 8. The first-order valence-electron chi connectivity index (χ1n) is 13.1. The minimum absolute atomic E-state index is 0.0629. The van der Waals surface area contributed by atoms with E-state index in [0.29, 0.717) is 37.5 Å². The Morgan fingerprint density at radius 1 is 1.27 bits per heavy atom. The summed E-state index contributed by atoms with van der Waals surface area (Å²) in [5.74, 6) is -0.667.